The molecular weight excluding hydrogens is 452 g/mol. The summed E-state index contributed by atoms with van der Waals surface area (Å²) in [5.74, 6) is 0.994. The predicted octanol–water partition coefficient (Wildman–Crippen LogP) is 4.64. The van der Waals surface area contributed by atoms with Gasteiger partial charge >= 0.3 is 0 Å². The van der Waals surface area contributed by atoms with Crippen LogP contribution in [0.15, 0.2) is 67.3 Å². The Labute approximate surface area is 214 Å². The lowest BCUT2D eigenvalue weighted by molar-refractivity contribution is -0.157. The lowest BCUT2D eigenvalue weighted by Crippen LogP contribution is -2.67. The Kier molecular flexibility index (Phi) is 7.86. The van der Waals surface area contributed by atoms with Crippen molar-refractivity contribution in [1.82, 2.24) is 9.80 Å². The number of carbonyl (C=O) groups is 1. The Morgan fingerprint density at radius 2 is 2.03 bits per heavy atom. The van der Waals surface area contributed by atoms with Crippen LogP contribution in [0.2, 0.25) is 0 Å². The average molecular weight is 491 g/mol. The number of hydrogen-bond donors (Lipinski definition) is 1. The highest BCUT2D eigenvalue weighted by Gasteiger charge is 2.59. The van der Waals surface area contributed by atoms with Crippen LogP contribution >= 0.6 is 0 Å². The van der Waals surface area contributed by atoms with E-state index < -0.39 is 5.60 Å². The summed E-state index contributed by atoms with van der Waals surface area (Å²) in [6.07, 6.45) is 8.76. The monoisotopic (exact) mass is 490 g/mol. The summed E-state index contributed by atoms with van der Waals surface area (Å²) in [6.45, 7) is 6.45. The molecule has 0 radical (unpaired) electrons. The van der Waals surface area contributed by atoms with Gasteiger partial charge in [-0.3, -0.25) is 9.69 Å². The van der Waals surface area contributed by atoms with E-state index in [1.807, 2.05) is 60.5 Å². The van der Waals surface area contributed by atoms with Crippen molar-refractivity contribution in [3.05, 3.63) is 78.4 Å². The van der Waals surface area contributed by atoms with Crippen LogP contribution < -0.4 is 4.74 Å². The maximum atomic E-state index is 13.2. The summed E-state index contributed by atoms with van der Waals surface area (Å²) in [5.41, 5.74) is 1.29. The molecule has 0 spiro atoms. The lowest BCUT2D eigenvalue weighted by atomic mass is 9.55. The molecule has 1 amide bonds. The summed E-state index contributed by atoms with van der Waals surface area (Å²) >= 11 is 0. The molecule has 2 fully saturated rings. The molecule has 2 aromatic rings. The second-order valence-electron chi connectivity index (χ2n) is 10.1. The van der Waals surface area contributed by atoms with Crippen molar-refractivity contribution in [2.45, 2.75) is 42.7 Å². The zero-order chi connectivity index (χ0) is 25.8. The molecule has 36 heavy (non-hydrogen) atoms. The van der Waals surface area contributed by atoms with Gasteiger partial charge in [-0.05, 0) is 73.7 Å². The van der Waals surface area contributed by atoms with E-state index >= 15 is 0 Å². The van der Waals surface area contributed by atoms with Crippen molar-refractivity contribution < 1.29 is 19.4 Å². The van der Waals surface area contributed by atoms with Crippen molar-refractivity contribution in [3.63, 3.8) is 0 Å². The van der Waals surface area contributed by atoms with Crippen molar-refractivity contribution >= 4 is 12.0 Å². The Morgan fingerprint density at radius 3 is 2.75 bits per heavy atom. The topological polar surface area (TPSA) is 62.2 Å². The first-order valence-electron chi connectivity index (χ1n) is 12.6. The summed E-state index contributed by atoms with van der Waals surface area (Å²) in [7, 11) is 5.34. The van der Waals surface area contributed by atoms with Gasteiger partial charge in [0.15, 0.2) is 0 Å². The fourth-order valence-electron chi connectivity index (χ4n) is 6.25. The molecule has 6 nitrogen and oxygen atoms in total. The molecule has 6 heteroatoms. The third-order valence-electron chi connectivity index (χ3n) is 8.26. The number of fused-ring (bicyclic) bond motifs is 1. The fourth-order valence-corrected chi connectivity index (χ4v) is 6.25. The number of carbonyl (C=O) groups excluding carboxylic acids is 1. The molecule has 1 saturated carbocycles. The van der Waals surface area contributed by atoms with Gasteiger partial charge < -0.3 is 19.5 Å². The SMILES string of the molecule is C=CCN1CC[C@@]2(c3cccc(O)c3)C[C@H](N(C)C(=O)C=Cc3cccc(OC)c3)CC[C@]2(OC)C1. The minimum absolute atomic E-state index is 0.0251. The highest BCUT2D eigenvalue weighted by atomic mass is 16.5. The lowest BCUT2D eigenvalue weighted by Gasteiger charge is -2.60. The molecule has 2 aromatic carbocycles. The number of likely N-dealkylation sites (tertiary alicyclic amines) is 1. The number of phenolic OH excluding ortho intramolecular Hbond substituents is 1. The van der Waals surface area contributed by atoms with Crippen LogP contribution in [0.1, 0.15) is 36.8 Å². The average Bonchev–Trinajstić information content (AvgIpc) is 2.91. The van der Waals surface area contributed by atoms with Crippen molar-refractivity contribution in [2.75, 3.05) is 40.9 Å². The van der Waals surface area contributed by atoms with Crippen LogP contribution in [0.4, 0.5) is 0 Å². The molecular formula is C30H38N2O4. The van der Waals surface area contributed by atoms with Gasteiger partial charge in [0.2, 0.25) is 5.91 Å². The molecule has 4 rings (SSSR count). The fraction of sp³-hybridized carbons (Fsp3) is 0.433. The second kappa shape index (κ2) is 10.9. The van der Waals surface area contributed by atoms with Gasteiger partial charge in [-0.25, -0.2) is 0 Å². The Hall–Kier alpha value is -3.09. The number of methoxy groups -OCH3 is 2. The van der Waals surface area contributed by atoms with Gasteiger partial charge in [0.05, 0.1) is 12.7 Å². The molecule has 0 bridgehead atoms. The maximum Gasteiger partial charge on any atom is 0.246 e. The van der Waals surface area contributed by atoms with Crippen molar-refractivity contribution in [1.29, 1.82) is 0 Å². The Bertz CT molecular complexity index is 1120. The molecule has 3 atom stereocenters. The minimum atomic E-state index is -0.404. The number of benzene rings is 2. The first-order chi connectivity index (χ1) is 17.4. The molecule has 1 aliphatic carbocycles. The van der Waals surface area contributed by atoms with Gasteiger partial charge in [-0.1, -0.05) is 30.3 Å². The van der Waals surface area contributed by atoms with Gasteiger partial charge in [-0.2, -0.15) is 0 Å². The number of likely N-dealkylation sites (N-methyl/N-ethyl adjacent to an activating group) is 1. The van der Waals surface area contributed by atoms with E-state index in [0.29, 0.717) is 0 Å². The Morgan fingerprint density at radius 1 is 1.22 bits per heavy atom. The number of piperidine rings is 1. The molecule has 1 aliphatic heterocycles. The zero-order valence-electron chi connectivity index (χ0n) is 21.7. The van der Waals surface area contributed by atoms with E-state index in [0.717, 1.165) is 62.2 Å². The number of rotatable bonds is 8. The summed E-state index contributed by atoms with van der Waals surface area (Å²) in [6, 6.07) is 15.3. The maximum absolute atomic E-state index is 13.2. The van der Waals surface area contributed by atoms with E-state index in [-0.39, 0.29) is 23.1 Å². The smallest absolute Gasteiger partial charge is 0.246 e. The predicted molar refractivity (Wildman–Crippen MR) is 143 cm³/mol. The summed E-state index contributed by atoms with van der Waals surface area (Å²) in [4.78, 5) is 17.5. The molecule has 1 heterocycles. The van der Waals surface area contributed by atoms with Crippen LogP contribution in [0.5, 0.6) is 11.5 Å². The quantitative estimate of drug-likeness (QED) is 0.432. The standard InChI is InChI=1S/C30H38N2O4/c1-5-17-32-18-16-29(24-9-7-10-26(33)20-24)21-25(14-15-30(29,22-32)36-4)31(2)28(34)13-12-23-8-6-11-27(19-23)35-3/h5-13,19-20,25,33H,1,14-18,21-22H2,2-4H3/t25-,29+,30+/m1/s1. The van der Waals surface area contributed by atoms with Gasteiger partial charge in [0.25, 0.3) is 0 Å². The van der Waals surface area contributed by atoms with Gasteiger partial charge in [-0.15, -0.1) is 6.58 Å². The van der Waals surface area contributed by atoms with Crippen LogP contribution in [-0.2, 0) is 14.9 Å². The van der Waals surface area contributed by atoms with Crippen molar-refractivity contribution in [3.8, 4) is 11.5 Å². The van der Waals surface area contributed by atoms with Crippen LogP contribution in [0.25, 0.3) is 6.08 Å². The zero-order valence-corrected chi connectivity index (χ0v) is 21.7. The molecule has 1 N–H and O–H groups in total. The molecule has 0 unspecified atom stereocenters. The van der Waals surface area contributed by atoms with E-state index in [9.17, 15) is 9.90 Å². The first kappa shape index (κ1) is 26.0. The van der Waals surface area contributed by atoms with Crippen LogP contribution in [-0.4, -0.2) is 73.4 Å². The molecule has 192 valence electrons. The minimum Gasteiger partial charge on any atom is -0.508 e. The normalized spacial score (nSPS) is 26.4. The third-order valence-corrected chi connectivity index (χ3v) is 8.26. The number of phenols is 1. The van der Waals surface area contributed by atoms with E-state index in [1.165, 1.54) is 0 Å². The third kappa shape index (κ3) is 4.93. The largest absolute Gasteiger partial charge is 0.508 e. The van der Waals surface area contributed by atoms with Gasteiger partial charge in [0.1, 0.15) is 11.5 Å². The van der Waals surface area contributed by atoms with Crippen molar-refractivity contribution in [2.24, 2.45) is 0 Å². The Balaban J connectivity index is 1.61. The van der Waals surface area contributed by atoms with E-state index in [1.54, 1.807) is 26.4 Å². The van der Waals surface area contributed by atoms with E-state index in [4.69, 9.17) is 9.47 Å². The van der Waals surface area contributed by atoms with Gasteiger partial charge in [0, 0.05) is 44.8 Å². The molecule has 2 aliphatic rings. The number of ether oxygens (including phenoxy) is 2. The number of amides is 1. The van der Waals surface area contributed by atoms with E-state index in [2.05, 4.69) is 17.5 Å². The second-order valence-corrected chi connectivity index (χ2v) is 10.1. The first-order valence-corrected chi connectivity index (χ1v) is 12.6. The number of aromatic hydroxyl groups is 1. The number of hydrogen-bond acceptors (Lipinski definition) is 5. The molecule has 1 saturated heterocycles. The highest BCUT2D eigenvalue weighted by molar-refractivity contribution is 5.91. The highest BCUT2D eigenvalue weighted by Crippen LogP contribution is 2.54. The van der Waals surface area contributed by atoms with Crippen LogP contribution in [0, 0.1) is 0 Å². The summed E-state index contributed by atoms with van der Waals surface area (Å²) in [5, 5.41) is 10.4. The number of nitrogens with zero attached hydrogens (tertiary/aromatic N) is 2. The van der Waals surface area contributed by atoms with Crippen LogP contribution in [0.3, 0.4) is 0 Å². The molecule has 0 aromatic heterocycles. The summed E-state index contributed by atoms with van der Waals surface area (Å²) < 4.78 is 11.7.